The van der Waals surface area contributed by atoms with Crippen LogP contribution in [0.1, 0.15) is 39.2 Å². The van der Waals surface area contributed by atoms with Crippen LogP contribution in [-0.2, 0) is 9.53 Å². The van der Waals surface area contributed by atoms with Crippen LogP contribution in [0.4, 0.5) is 4.79 Å². The minimum absolute atomic E-state index is 0.403. The number of rotatable bonds is 4. The molecule has 5 heteroatoms. The summed E-state index contributed by atoms with van der Waals surface area (Å²) in [5.74, 6) is -1.50. The molecule has 0 aliphatic rings. The molecule has 0 aliphatic carbocycles. The Morgan fingerprint density at radius 1 is 1.08 bits per heavy atom. The van der Waals surface area contributed by atoms with E-state index in [1.165, 1.54) is 0 Å². The van der Waals surface area contributed by atoms with Crippen molar-refractivity contribution in [2.45, 2.75) is 45.3 Å². The molecule has 24 heavy (non-hydrogen) atoms. The minimum Gasteiger partial charge on any atom is -0.480 e. The Morgan fingerprint density at radius 2 is 1.71 bits per heavy atom. The molecule has 0 radical (unpaired) electrons. The molecule has 0 saturated heterocycles. The maximum Gasteiger partial charge on any atom is 0.408 e. The number of carboxylic acid groups (broad SMARTS) is 1. The summed E-state index contributed by atoms with van der Waals surface area (Å²) in [5, 5.41) is 14.1. The fourth-order valence-electron chi connectivity index (χ4n) is 2.52. The van der Waals surface area contributed by atoms with Crippen LogP contribution in [0.2, 0.25) is 0 Å². The molecule has 2 aromatic carbocycles. The van der Waals surface area contributed by atoms with Gasteiger partial charge in [0.1, 0.15) is 11.6 Å². The van der Waals surface area contributed by atoms with E-state index in [2.05, 4.69) is 5.32 Å². The molecule has 5 nitrogen and oxygen atoms in total. The first-order valence-electron chi connectivity index (χ1n) is 7.88. The fraction of sp³-hybridized carbons (Fsp3) is 0.368. The second-order valence-corrected chi connectivity index (χ2v) is 6.86. The highest BCUT2D eigenvalue weighted by Crippen LogP contribution is 2.24. The van der Waals surface area contributed by atoms with Gasteiger partial charge in [-0.25, -0.2) is 9.59 Å². The summed E-state index contributed by atoms with van der Waals surface area (Å²) in [6.45, 7) is 6.97. The van der Waals surface area contributed by atoms with Gasteiger partial charge < -0.3 is 15.2 Å². The lowest BCUT2D eigenvalue weighted by atomic mass is 9.91. The smallest absolute Gasteiger partial charge is 0.408 e. The summed E-state index contributed by atoms with van der Waals surface area (Å²) in [4.78, 5) is 23.5. The molecule has 0 saturated carbocycles. The lowest BCUT2D eigenvalue weighted by molar-refractivity contribution is -0.140. The molecule has 1 amide bonds. The Morgan fingerprint density at radius 3 is 2.29 bits per heavy atom. The van der Waals surface area contributed by atoms with E-state index in [4.69, 9.17) is 4.74 Å². The highest BCUT2D eigenvalue weighted by atomic mass is 16.6. The van der Waals surface area contributed by atoms with Gasteiger partial charge in [-0.05, 0) is 37.1 Å². The third kappa shape index (κ3) is 4.47. The van der Waals surface area contributed by atoms with Gasteiger partial charge in [0.05, 0.1) is 0 Å². The zero-order valence-corrected chi connectivity index (χ0v) is 14.4. The number of fused-ring (bicyclic) bond motifs is 1. The summed E-state index contributed by atoms with van der Waals surface area (Å²) < 4.78 is 5.16. The number of carboxylic acids is 1. The average molecular weight is 329 g/mol. The maximum atomic E-state index is 11.9. The number of aliphatic carboxylic acids is 1. The van der Waals surface area contributed by atoms with E-state index in [1.54, 1.807) is 27.7 Å². The first-order valence-corrected chi connectivity index (χ1v) is 7.88. The van der Waals surface area contributed by atoms with Gasteiger partial charge in [0.15, 0.2) is 0 Å². The standard InChI is InChI=1S/C19H23NO4/c1-12(14-10-9-13-7-5-6-8-15(13)11-14)16(17(21)22)20-18(23)24-19(2,3)4/h5-12,16H,1-4H3,(H,20,23)(H,21,22). The predicted molar refractivity (Wildman–Crippen MR) is 93.2 cm³/mol. The number of nitrogens with one attached hydrogen (secondary N) is 1. The van der Waals surface area contributed by atoms with Crippen molar-refractivity contribution in [1.82, 2.24) is 5.32 Å². The zero-order chi connectivity index (χ0) is 17.9. The van der Waals surface area contributed by atoms with Crippen LogP contribution in [0, 0.1) is 0 Å². The number of carbonyl (C=O) groups excluding carboxylic acids is 1. The quantitative estimate of drug-likeness (QED) is 0.891. The molecule has 2 rings (SSSR count). The number of alkyl carbamates (subject to hydrolysis) is 1. The molecule has 0 aromatic heterocycles. The van der Waals surface area contributed by atoms with Crippen LogP contribution in [0.5, 0.6) is 0 Å². The number of hydrogen-bond donors (Lipinski definition) is 2. The van der Waals surface area contributed by atoms with Crippen LogP contribution in [0.15, 0.2) is 42.5 Å². The zero-order valence-electron chi connectivity index (χ0n) is 14.4. The Balaban J connectivity index is 2.22. The fourth-order valence-corrected chi connectivity index (χ4v) is 2.52. The molecule has 2 atom stereocenters. The third-order valence-electron chi connectivity index (χ3n) is 3.74. The number of amides is 1. The topological polar surface area (TPSA) is 75.6 Å². The summed E-state index contributed by atoms with van der Waals surface area (Å²) in [6.07, 6.45) is -0.734. The van der Waals surface area contributed by atoms with Crippen molar-refractivity contribution in [3.63, 3.8) is 0 Å². The van der Waals surface area contributed by atoms with E-state index in [1.807, 2.05) is 42.5 Å². The highest BCUT2D eigenvalue weighted by molar-refractivity contribution is 5.84. The van der Waals surface area contributed by atoms with E-state index < -0.39 is 29.6 Å². The van der Waals surface area contributed by atoms with Crippen molar-refractivity contribution in [3.05, 3.63) is 48.0 Å². The van der Waals surface area contributed by atoms with Crippen molar-refractivity contribution in [3.8, 4) is 0 Å². The predicted octanol–water partition coefficient (Wildman–Crippen LogP) is 3.92. The van der Waals surface area contributed by atoms with Gasteiger partial charge in [0.2, 0.25) is 0 Å². The minimum atomic E-state index is -1.10. The van der Waals surface area contributed by atoms with E-state index in [9.17, 15) is 14.7 Å². The molecule has 0 bridgehead atoms. The van der Waals surface area contributed by atoms with Crippen molar-refractivity contribution in [1.29, 1.82) is 0 Å². The SMILES string of the molecule is CC(c1ccc2ccccc2c1)C(NC(=O)OC(C)(C)C)C(=O)O. The second-order valence-electron chi connectivity index (χ2n) is 6.86. The first-order chi connectivity index (χ1) is 11.2. The van der Waals surface area contributed by atoms with Crippen LogP contribution < -0.4 is 5.32 Å². The molecule has 2 unspecified atom stereocenters. The third-order valence-corrected chi connectivity index (χ3v) is 3.74. The average Bonchev–Trinajstić information content (AvgIpc) is 2.49. The Kier molecular flexibility index (Phi) is 5.12. The van der Waals surface area contributed by atoms with Crippen LogP contribution in [0.25, 0.3) is 10.8 Å². The molecular formula is C19H23NO4. The molecular weight excluding hydrogens is 306 g/mol. The van der Waals surface area contributed by atoms with Gasteiger partial charge in [0.25, 0.3) is 0 Å². The summed E-state index contributed by atoms with van der Waals surface area (Å²) in [5.41, 5.74) is 0.163. The lowest BCUT2D eigenvalue weighted by Crippen LogP contribution is -2.46. The van der Waals surface area contributed by atoms with Crippen LogP contribution >= 0.6 is 0 Å². The molecule has 0 spiro atoms. The lowest BCUT2D eigenvalue weighted by Gasteiger charge is -2.25. The van der Waals surface area contributed by atoms with Crippen molar-refractivity contribution in [2.24, 2.45) is 0 Å². The highest BCUT2D eigenvalue weighted by Gasteiger charge is 2.29. The number of carbonyl (C=O) groups is 2. The summed E-state index contributed by atoms with van der Waals surface area (Å²) in [7, 11) is 0. The Bertz CT molecular complexity index is 748. The van der Waals surface area contributed by atoms with Gasteiger partial charge in [0, 0.05) is 5.92 Å². The van der Waals surface area contributed by atoms with Gasteiger partial charge in [-0.2, -0.15) is 0 Å². The molecule has 2 N–H and O–H groups in total. The largest absolute Gasteiger partial charge is 0.480 e. The van der Waals surface area contributed by atoms with Crippen molar-refractivity contribution in [2.75, 3.05) is 0 Å². The Hall–Kier alpha value is -2.56. The molecule has 0 heterocycles. The monoisotopic (exact) mass is 329 g/mol. The van der Waals surface area contributed by atoms with E-state index in [-0.39, 0.29) is 0 Å². The molecule has 0 fully saturated rings. The van der Waals surface area contributed by atoms with E-state index in [0.717, 1.165) is 16.3 Å². The van der Waals surface area contributed by atoms with Crippen molar-refractivity contribution >= 4 is 22.8 Å². The van der Waals surface area contributed by atoms with E-state index in [0.29, 0.717) is 0 Å². The number of hydrogen-bond acceptors (Lipinski definition) is 3. The summed E-state index contributed by atoms with van der Waals surface area (Å²) in [6, 6.07) is 12.6. The van der Waals surface area contributed by atoms with Gasteiger partial charge >= 0.3 is 12.1 Å². The number of benzene rings is 2. The van der Waals surface area contributed by atoms with Gasteiger partial charge in [-0.1, -0.05) is 49.4 Å². The molecule has 2 aromatic rings. The second kappa shape index (κ2) is 6.91. The molecule has 128 valence electrons. The van der Waals surface area contributed by atoms with Crippen LogP contribution in [0.3, 0.4) is 0 Å². The van der Waals surface area contributed by atoms with Crippen LogP contribution in [-0.4, -0.2) is 28.8 Å². The maximum absolute atomic E-state index is 11.9. The van der Waals surface area contributed by atoms with Crippen molar-refractivity contribution < 1.29 is 19.4 Å². The number of ether oxygens (including phenoxy) is 1. The first kappa shape index (κ1) is 17.8. The Labute approximate surface area is 141 Å². The normalized spacial score (nSPS) is 14.0. The van der Waals surface area contributed by atoms with Gasteiger partial charge in [-0.3, -0.25) is 0 Å². The summed E-state index contributed by atoms with van der Waals surface area (Å²) >= 11 is 0. The van der Waals surface area contributed by atoms with Gasteiger partial charge in [-0.15, -0.1) is 0 Å². The van der Waals surface area contributed by atoms with E-state index >= 15 is 0 Å². The molecule has 0 aliphatic heterocycles.